The van der Waals surface area contributed by atoms with Gasteiger partial charge in [0.05, 0.1) is 12.5 Å². The Hall–Kier alpha value is -2.04. The van der Waals surface area contributed by atoms with Crippen molar-refractivity contribution in [3.63, 3.8) is 0 Å². The van der Waals surface area contributed by atoms with Crippen LogP contribution in [0.2, 0.25) is 0 Å². The first-order chi connectivity index (χ1) is 11.1. The lowest BCUT2D eigenvalue weighted by molar-refractivity contribution is -0.145. The molecule has 0 heterocycles. The third-order valence-corrected chi connectivity index (χ3v) is 4.40. The molecule has 2 rings (SSSR count). The number of rotatable bonds is 7. The van der Waals surface area contributed by atoms with Gasteiger partial charge < -0.3 is 14.7 Å². The number of hydrogen-bond acceptors (Lipinski definition) is 3. The summed E-state index contributed by atoms with van der Waals surface area (Å²) in [6.45, 7) is 1.18. The molecule has 0 saturated heterocycles. The summed E-state index contributed by atoms with van der Waals surface area (Å²) in [6, 6.07) is 9.60. The first kappa shape index (κ1) is 17.3. The maximum atomic E-state index is 12.4. The van der Waals surface area contributed by atoms with Crippen molar-refractivity contribution in [1.29, 1.82) is 0 Å². The molecular formula is C18H25NO4. The standard InChI is InChI=1S/C18H25NO4/c1-19(11-6-12-23-16-9-3-2-4-10-16)17(20)14-7-5-8-15(13-14)18(21)22/h2-4,9-10,14-15H,5-8,11-13H2,1H3,(H,21,22). The molecule has 5 heteroatoms. The van der Waals surface area contributed by atoms with Crippen LogP contribution in [0, 0.1) is 11.8 Å². The van der Waals surface area contributed by atoms with E-state index in [-0.39, 0.29) is 17.7 Å². The molecule has 1 N–H and O–H groups in total. The maximum absolute atomic E-state index is 12.4. The Morgan fingerprint density at radius 3 is 2.61 bits per heavy atom. The molecule has 0 aliphatic heterocycles. The highest BCUT2D eigenvalue weighted by Crippen LogP contribution is 2.30. The monoisotopic (exact) mass is 319 g/mol. The van der Waals surface area contributed by atoms with Gasteiger partial charge in [-0.15, -0.1) is 0 Å². The number of carbonyl (C=O) groups is 2. The predicted octanol–water partition coefficient (Wildman–Crippen LogP) is 2.80. The summed E-state index contributed by atoms with van der Waals surface area (Å²) in [7, 11) is 1.79. The molecule has 2 unspecified atom stereocenters. The van der Waals surface area contributed by atoms with Gasteiger partial charge in [-0.1, -0.05) is 24.6 Å². The number of carboxylic acid groups (broad SMARTS) is 1. The highest BCUT2D eigenvalue weighted by molar-refractivity contribution is 5.80. The van der Waals surface area contributed by atoms with E-state index in [1.807, 2.05) is 30.3 Å². The Balaban J connectivity index is 1.71. The number of carboxylic acids is 1. The van der Waals surface area contributed by atoms with Crippen molar-refractivity contribution in [3.8, 4) is 5.75 Å². The minimum Gasteiger partial charge on any atom is -0.494 e. The average Bonchev–Trinajstić information content (AvgIpc) is 2.59. The van der Waals surface area contributed by atoms with Crippen molar-refractivity contribution in [2.45, 2.75) is 32.1 Å². The molecule has 1 fully saturated rings. The van der Waals surface area contributed by atoms with Crippen molar-refractivity contribution >= 4 is 11.9 Å². The van der Waals surface area contributed by atoms with Gasteiger partial charge in [-0.25, -0.2) is 0 Å². The lowest BCUT2D eigenvalue weighted by Crippen LogP contribution is -2.37. The normalized spacial score (nSPS) is 20.7. The summed E-state index contributed by atoms with van der Waals surface area (Å²) in [5, 5.41) is 9.12. The van der Waals surface area contributed by atoms with E-state index in [9.17, 15) is 9.59 Å². The van der Waals surface area contributed by atoms with Crippen LogP contribution in [0.1, 0.15) is 32.1 Å². The van der Waals surface area contributed by atoms with E-state index >= 15 is 0 Å². The van der Waals surface area contributed by atoms with Crippen LogP contribution in [0.15, 0.2) is 30.3 Å². The van der Waals surface area contributed by atoms with Crippen molar-refractivity contribution in [2.24, 2.45) is 11.8 Å². The fourth-order valence-corrected chi connectivity index (χ4v) is 3.07. The fraction of sp³-hybridized carbons (Fsp3) is 0.556. The molecule has 0 spiro atoms. The Labute approximate surface area is 137 Å². The zero-order chi connectivity index (χ0) is 16.7. The zero-order valence-electron chi connectivity index (χ0n) is 13.6. The first-order valence-electron chi connectivity index (χ1n) is 8.23. The van der Waals surface area contributed by atoms with Crippen molar-refractivity contribution in [2.75, 3.05) is 20.2 Å². The van der Waals surface area contributed by atoms with Gasteiger partial charge in [0.25, 0.3) is 0 Å². The van der Waals surface area contributed by atoms with E-state index in [0.717, 1.165) is 25.0 Å². The Bertz CT molecular complexity index is 517. The van der Waals surface area contributed by atoms with Crippen LogP contribution in [-0.2, 0) is 9.59 Å². The summed E-state index contributed by atoms with van der Waals surface area (Å²) in [5.41, 5.74) is 0. The number of nitrogens with zero attached hydrogens (tertiary/aromatic N) is 1. The first-order valence-corrected chi connectivity index (χ1v) is 8.23. The number of carbonyl (C=O) groups excluding carboxylic acids is 1. The van der Waals surface area contributed by atoms with Crippen LogP contribution < -0.4 is 4.74 Å². The Morgan fingerprint density at radius 2 is 1.91 bits per heavy atom. The van der Waals surface area contributed by atoms with Gasteiger partial charge in [-0.3, -0.25) is 9.59 Å². The number of para-hydroxylation sites is 1. The molecule has 126 valence electrons. The van der Waals surface area contributed by atoms with Crippen molar-refractivity contribution < 1.29 is 19.4 Å². The second-order valence-corrected chi connectivity index (χ2v) is 6.17. The number of hydrogen-bond donors (Lipinski definition) is 1. The summed E-state index contributed by atoms with van der Waals surface area (Å²) < 4.78 is 5.61. The van der Waals surface area contributed by atoms with Gasteiger partial charge in [0.15, 0.2) is 0 Å². The van der Waals surface area contributed by atoms with Crippen LogP contribution in [0.25, 0.3) is 0 Å². The maximum Gasteiger partial charge on any atom is 0.306 e. The number of amides is 1. The van der Waals surface area contributed by atoms with Gasteiger partial charge in [0.1, 0.15) is 5.75 Å². The predicted molar refractivity (Wildman–Crippen MR) is 87.3 cm³/mol. The SMILES string of the molecule is CN(CCCOc1ccccc1)C(=O)C1CCCC(C(=O)O)C1. The van der Waals surface area contributed by atoms with Crippen LogP contribution in [0.3, 0.4) is 0 Å². The van der Waals surface area contributed by atoms with E-state index in [0.29, 0.717) is 26.0 Å². The second-order valence-electron chi connectivity index (χ2n) is 6.17. The summed E-state index contributed by atoms with van der Waals surface area (Å²) in [4.78, 5) is 25.2. The third-order valence-electron chi connectivity index (χ3n) is 4.40. The second kappa shape index (κ2) is 8.56. The average molecular weight is 319 g/mol. The van der Waals surface area contributed by atoms with Crippen LogP contribution >= 0.6 is 0 Å². The number of aliphatic carboxylic acids is 1. The molecule has 5 nitrogen and oxygen atoms in total. The topological polar surface area (TPSA) is 66.8 Å². The zero-order valence-corrected chi connectivity index (χ0v) is 13.6. The smallest absolute Gasteiger partial charge is 0.306 e. The molecule has 23 heavy (non-hydrogen) atoms. The number of ether oxygens (including phenoxy) is 1. The number of benzene rings is 1. The van der Waals surface area contributed by atoms with Gasteiger partial charge in [-0.2, -0.15) is 0 Å². The molecule has 0 aromatic heterocycles. The van der Waals surface area contributed by atoms with E-state index in [2.05, 4.69) is 0 Å². The van der Waals surface area contributed by atoms with Crippen molar-refractivity contribution in [1.82, 2.24) is 4.90 Å². The lowest BCUT2D eigenvalue weighted by Gasteiger charge is -2.29. The van der Waals surface area contributed by atoms with Gasteiger partial charge in [0, 0.05) is 19.5 Å². The van der Waals surface area contributed by atoms with Gasteiger partial charge in [-0.05, 0) is 37.8 Å². The molecule has 1 amide bonds. The highest BCUT2D eigenvalue weighted by atomic mass is 16.5. The summed E-state index contributed by atoms with van der Waals surface area (Å²) in [5.74, 6) is -0.396. The van der Waals surface area contributed by atoms with E-state index in [1.54, 1.807) is 11.9 Å². The minimum atomic E-state index is -0.776. The highest BCUT2D eigenvalue weighted by Gasteiger charge is 2.32. The molecular weight excluding hydrogens is 294 g/mol. The van der Waals surface area contributed by atoms with Crippen LogP contribution in [0.5, 0.6) is 5.75 Å². The fourth-order valence-electron chi connectivity index (χ4n) is 3.07. The van der Waals surface area contributed by atoms with Crippen molar-refractivity contribution in [3.05, 3.63) is 30.3 Å². The molecule has 0 bridgehead atoms. The molecule has 1 aliphatic rings. The van der Waals surface area contributed by atoms with Gasteiger partial charge >= 0.3 is 5.97 Å². The van der Waals surface area contributed by atoms with E-state index in [4.69, 9.17) is 9.84 Å². The molecule has 2 atom stereocenters. The Morgan fingerprint density at radius 1 is 1.22 bits per heavy atom. The Kier molecular flexibility index (Phi) is 6.44. The molecule has 1 aromatic rings. The minimum absolute atomic E-state index is 0.0654. The lowest BCUT2D eigenvalue weighted by atomic mass is 9.81. The summed E-state index contributed by atoms with van der Waals surface area (Å²) >= 11 is 0. The third kappa shape index (κ3) is 5.27. The van der Waals surface area contributed by atoms with Crippen LogP contribution in [-0.4, -0.2) is 42.1 Å². The molecule has 1 aliphatic carbocycles. The quantitative estimate of drug-likeness (QED) is 0.785. The largest absolute Gasteiger partial charge is 0.494 e. The molecule has 1 saturated carbocycles. The molecule has 1 aromatic carbocycles. The van der Waals surface area contributed by atoms with Gasteiger partial charge in [0.2, 0.25) is 5.91 Å². The summed E-state index contributed by atoms with van der Waals surface area (Å²) in [6.07, 6.45) is 3.53. The molecule has 0 radical (unpaired) electrons. The van der Waals surface area contributed by atoms with E-state index < -0.39 is 5.97 Å². The van der Waals surface area contributed by atoms with Crippen LogP contribution in [0.4, 0.5) is 0 Å². The van der Waals surface area contributed by atoms with E-state index in [1.165, 1.54) is 0 Å².